The lowest BCUT2D eigenvalue weighted by Gasteiger charge is -2.19. The zero-order valence-corrected chi connectivity index (χ0v) is 11.5. The highest BCUT2D eigenvalue weighted by Crippen LogP contribution is 2.30. The van der Waals surface area contributed by atoms with E-state index in [-0.39, 0.29) is 17.4 Å². The molecular weight excluding hydrogens is 244 g/mol. The average Bonchev–Trinajstić information content (AvgIpc) is 2.81. The zero-order valence-electron chi connectivity index (χ0n) is 11.5. The first-order valence-corrected chi connectivity index (χ1v) is 6.43. The van der Waals surface area contributed by atoms with Gasteiger partial charge in [0.2, 0.25) is 5.78 Å². The summed E-state index contributed by atoms with van der Waals surface area (Å²) in [6.45, 7) is 3.96. The van der Waals surface area contributed by atoms with Gasteiger partial charge in [-0.2, -0.15) is 5.10 Å². The molecule has 0 aromatic carbocycles. The maximum absolute atomic E-state index is 12.4. The second kappa shape index (κ2) is 5.38. The largest absolute Gasteiger partial charge is 0.465 e. The molecule has 1 aliphatic rings. The standard InChI is InChI=1S/C14H18N2O3/c1-9(2)16-8-11(7-15-16)13(17)12(14(18)19-3)10-5-4-6-10/h7-9H,4-6H2,1-3H3. The van der Waals surface area contributed by atoms with E-state index in [0.29, 0.717) is 5.56 Å². The summed E-state index contributed by atoms with van der Waals surface area (Å²) in [6.07, 6.45) is 5.80. The summed E-state index contributed by atoms with van der Waals surface area (Å²) in [5, 5.41) is 4.13. The highest BCUT2D eigenvalue weighted by atomic mass is 16.5. The molecule has 1 fully saturated rings. The summed E-state index contributed by atoms with van der Waals surface area (Å²) in [7, 11) is 1.30. The van der Waals surface area contributed by atoms with Crippen LogP contribution in [0, 0.1) is 0 Å². The molecule has 0 atom stereocenters. The molecule has 1 aromatic heterocycles. The Labute approximate surface area is 112 Å². The zero-order chi connectivity index (χ0) is 14.0. The van der Waals surface area contributed by atoms with Gasteiger partial charge in [0.15, 0.2) is 0 Å². The van der Waals surface area contributed by atoms with Gasteiger partial charge in [0.25, 0.3) is 0 Å². The molecule has 0 unspecified atom stereocenters. The van der Waals surface area contributed by atoms with Crippen molar-refractivity contribution in [1.82, 2.24) is 9.78 Å². The van der Waals surface area contributed by atoms with E-state index >= 15 is 0 Å². The van der Waals surface area contributed by atoms with Gasteiger partial charge in [-0.15, -0.1) is 0 Å². The lowest BCUT2D eigenvalue weighted by Crippen LogP contribution is -2.19. The van der Waals surface area contributed by atoms with Crippen LogP contribution in [0.5, 0.6) is 0 Å². The molecule has 1 saturated carbocycles. The van der Waals surface area contributed by atoms with E-state index in [4.69, 9.17) is 4.74 Å². The molecule has 19 heavy (non-hydrogen) atoms. The maximum Gasteiger partial charge on any atom is 0.341 e. The second-order valence-corrected chi connectivity index (χ2v) is 4.96. The molecule has 0 saturated heterocycles. The summed E-state index contributed by atoms with van der Waals surface area (Å²) < 4.78 is 6.42. The maximum atomic E-state index is 12.4. The van der Waals surface area contributed by atoms with Gasteiger partial charge >= 0.3 is 5.97 Å². The smallest absolute Gasteiger partial charge is 0.341 e. The van der Waals surface area contributed by atoms with Gasteiger partial charge in [0.05, 0.1) is 18.9 Å². The highest BCUT2D eigenvalue weighted by molar-refractivity contribution is 6.24. The van der Waals surface area contributed by atoms with Crippen LogP contribution in [-0.2, 0) is 9.53 Å². The van der Waals surface area contributed by atoms with Crippen molar-refractivity contribution in [2.45, 2.75) is 39.2 Å². The molecule has 1 aromatic rings. The molecule has 1 heterocycles. The number of aromatic nitrogens is 2. The van der Waals surface area contributed by atoms with Crippen molar-refractivity contribution >= 4 is 11.8 Å². The third-order valence-corrected chi connectivity index (χ3v) is 3.32. The molecule has 0 spiro atoms. The van der Waals surface area contributed by atoms with E-state index in [0.717, 1.165) is 24.8 Å². The van der Waals surface area contributed by atoms with Gasteiger partial charge in [0.1, 0.15) is 5.57 Å². The van der Waals surface area contributed by atoms with Crippen molar-refractivity contribution < 1.29 is 14.3 Å². The minimum absolute atomic E-state index is 0.180. The predicted octanol–water partition coefficient (Wildman–Crippen LogP) is 2.30. The van der Waals surface area contributed by atoms with Crippen LogP contribution in [0.25, 0.3) is 0 Å². The third-order valence-electron chi connectivity index (χ3n) is 3.32. The van der Waals surface area contributed by atoms with Crippen LogP contribution in [0.3, 0.4) is 0 Å². The number of Topliss-reactive ketones (excluding diaryl/α,β-unsaturated/α-hetero) is 1. The fraction of sp³-hybridized carbons (Fsp3) is 0.500. The first-order valence-electron chi connectivity index (χ1n) is 6.43. The van der Waals surface area contributed by atoms with E-state index < -0.39 is 5.97 Å². The third kappa shape index (κ3) is 2.59. The first-order chi connectivity index (χ1) is 9.04. The van der Waals surface area contributed by atoms with E-state index in [1.165, 1.54) is 13.3 Å². The Hall–Kier alpha value is -1.91. The minimum atomic E-state index is -0.544. The molecule has 2 rings (SSSR count). The Balaban J connectivity index is 2.32. The molecule has 5 heteroatoms. The molecule has 0 aliphatic heterocycles. The van der Waals surface area contributed by atoms with Gasteiger partial charge in [-0.3, -0.25) is 9.48 Å². The van der Waals surface area contributed by atoms with Crippen molar-refractivity contribution in [3.8, 4) is 0 Å². The van der Waals surface area contributed by atoms with Gasteiger partial charge in [-0.25, -0.2) is 4.79 Å². The van der Waals surface area contributed by atoms with Crippen molar-refractivity contribution in [1.29, 1.82) is 0 Å². The summed E-state index contributed by atoms with van der Waals surface area (Å²) in [6, 6.07) is 0.180. The number of hydrogen-bond acceptors (Lipinski definition) is 4. The van der Waals surface area contributed by atoms with Crippen molar-refractivity contribution in [2.24, 2.45) is 0 Å². The number of carbonyl (C=O) groups excluding carboxylic acids is 2. The van der Waals surface area contributed by atoms with Crippen LogP contribution >= 0.6 is 0 Å². The molecule has 0 radical (unpaired) electrons. The Morgan fingerprint density at radius 1 is 1.37 bits per heavy atom. The number of methoxy groups -OCH3 is 1. The highest BCUT2D eigenvalue weighted by Gasteiger charge is 2.28. The van der Waals surface area contributed by atoms with Gasteiger partial charge in [-0.1, -0.05) is 5.57 Å². The molecule has 1 aliphatic carbocycles. The topological polar surface area (TPSA) is 61.2 Å². The Morgan fingerprint density at radius 2 is 2.05 bits per heavy atom. The molecule has 0 N–H and O–H groups in total. The lowest BCUT2D eigenvalue weighted by atomic mass is 9.85. The molecule has 0 bridgehead atoms. The van der Waals surface area contributed by atoms with E-state index in [9.17, 15) is 9.59 Å². The molecule has 0 amide bonds. The van der Waals surface area contributed by atoms with E-state index in [2.05, 4.69) is 5.10 Å². The number of carbonyl (C=O) groups is 2. The second-order valence-electron chi connectivity index (χ2n) is 4.96. The van der Waals surface area contributed by atoms with Crippen molar-refractivity contribution in [3.63, 3.8) is 0 Å². The van der Waals surface area contributed by atoms with Crippen molar-refractivity contribution in [3.05, 3.63) is 29.1 Å². The molecule has 5 nitrogen and oxygen atoms in total. The fourth-order valence-corrected chi connectivity index (χ4v) is 1.99. The van der Waals surface area contributed by atoms with E-state index in [1.807, 2.05) is 13.8 Å². The molecule has 102 valence electrons. The normalized spacial score (nSPS) is 14.2. The van der Waals surface area contributed by atoms with E-state index in [1.54, 1.807) is 10.9 Å². The van der Waals surface area contributed by atoms with Crippen molar-refractivity contribution in [2.75, 3.05) is 7.11 Å². The Bertz CT molecular complexity index is 535. The van der Waals surface area contributed by atoms with Gasteiger partial charge < -0.3 is 4.74 Å². The summed E-state index contributed by atoms with van der Waals surface area (Å²) in [5.41, 5.74) is 1.53. The SMILES string of the molecule is COC(=O)C(C(=O)c1cnn(C(C)C)c1)=C1CCC1. The lowest BCUT2D eigenvalue weighted by molar-refractivity contribution is -0.135. The monoisotopic (exact) mass is 262 g/mol. The van der Waals surface area contributed by atoms with Crippen LogP contribution in [-0.4, -0.2) is 28.6 Å². The number of ether oxygens (including phenoxy) is 1. The number of ketones is 1. The minimum Gasteiger partial charge on any atom is -0.465 e. The van der Waals surface area contributed by atoms with Crippen LogP contribution in [0.2, 0.25) is 0 Å². The number of hydrogen-bond donors (Lipinski definition) is 0. The van der Waals surface area contributed by atoms with Crippen LogP contribution in [0.15, 0.2) is 23.5 Å². The average molecular weight is 262 g/mol. The molecular formula is C14H18N2O3. The summed E-state index contributed by atoms with van der Waals surface area (Å²) in [5.74, 6) is -0.828. The summed E-state index contributed by atoms with van der Waals surface area (Å²) >= 11 is 0. The van der Waals surface area contributed by atoms with Crippen LogP contribution in [0.4, 0.5) is 0 Å². The summed E-state index contributed by atoms with van der Waals surface area (Å²) in [4.78, 5) is 24.2. The first kappa shape index (κ1) is 13.5. The number of allylic oxidation sites excluding steroid dienone is 1. The van der Waals surface area contributed by atoms with Crippen LogP contribution < -0.4 is 0 Å². The number of nitrogens with zero attached hydrogens (tertiary/aromatic N) is 2. The Kier molecular flexibility index (Phi) is 3.83. The number of esters is 1. The van der Waals surface area contributed by atoms with Crippen LogP contribution in [0.1, 0.15) is 49.5 Å². The predicted molar refractivity (Wildman–Crippen MR) is 69.8 cm³/mol. The quantitative estimate of drug-likeness (QED) is 0.274. The van der Waals surface area contributed by atoms with Gasteiger partial charge in [0, 0.05) is 12.2 Å². The van der Waals surface area contributed by atoms with Gasteiger partial charge in [-0.05, 0) is 33.1 Å². The fourth-order valence-electron chi connectivity index (χ4n) is 1.99. The number of rotatable bonds is 4. The Morgan fingerprint density at radius 3 is 2.47 bits per heavy atom.